The lowest BCUT2D eigenvalue weighted by molar-refractivity contribution is -0.623. The van der Waals surface area contributed by atoms with E-state index in [0.717, 1.165) is 22.3 Å². The molecule has 1 aromatic heterocycles. The first-order valence-corrected chi connectivity index (χ1v) is 14.8. The van der Waals surface area contributed by atoms with E-state index in [1.807, 2.05) is 0 Å². The van der Waals surface area contributed by atoms with Crippen molar-refractivity contribution in [2.75, 3.05) is 33.0 Å². The van der Waals surface area contributed by atoms with Crippen molar-refractivity contribution in [1.29, 1.82) is 0 Å². The second kappa shape index (κ2) is 12.5. The molecule has 0 saturated carbocycles. The number of aromatic nitrogens is 1. The van der Waals surface area contributed by atoms with E-state index in [0.29, 0.717) is 4.73 Å². The standard InChI is InChI=1S/C27H27F2N3O7S2/c1-30(2)23(33)19-9-8-12-21(17-19)41(36,37)32-15-16-40-24(32)25(34)38-18-27(39-26(28)29,20-10-4-3-5-11-20)22-13-6-7-14-31(22)35/h3-14,17,24,26H,15-16,18H2,1-2H3/t24-,27?/m0/s1. The highest BCUT2D eigenvalue weighted by Crippen LogP contribution is 2.36. The Morgan fingerprint density at radius 2 is 1.83 bits per heavy atom. The molecule has 41 heavy (non-hydrogen) atoms. The van der Waals surface area contributed by atoms with Crippen LogP contribution >= 0.6 is 11.8 Å². The van der Waals surface area contributed by atoms with E-state index < -0.39 is 46.1 Å². The Labute approximate surface area is 240 Å². The predicted molar refractivity (Wildman–Crippen MR) is 145 cm³/mol. The van der Waals surface area contributed by atoms with E-state index >= 15 is 0 Å². The Bertz CT molecular complexity index is 1510. The zero-order valence-corrected chi connectivity index (χ0v) is 23.7. The van der Waals surface area contributed by atoms with Gasteiger partial charge in [0.2, 0.25) is 21.3 Å². The Morgan fingerprint density at radius 3 is 2.49 bits per heavy atom. The number of ether oxygens (including phenoxy) is 2. The Kier molecular flexibility index (Phi) is 9.27. The molecular formula is C27H27F2N3O7S2. The van der Waals surface area contributed by atoms with Gasteiger partial charge in [-0.3, -0.25) is 9.53 Å². The molecule has 1 saturated heterocycles. The van der Waals surface area contributed by atoms with E-state index in [1.54, 1.807) is 18.2 Å². The summed E-state index contributed by atoms with van der Waals surface area (Å²) < 4.78 is 66.5. The third-order valence-corrected chi connectivity index (χ3v) is 9.51. The molecule has 0 aliphatic carbocycles. The lowest BCUT2D eigenvalue weighted by Gasteiger charge is -2.32. The molecule has 1 unspecified atom stereocenters. The maximum Gasteiger partial charge on any atom is 0.346 e. The van der Waals surface area contributed by atoms with E-state index in [2.05, 4.69) is 0 Å². The number of carbonyl (C=O) groups is 2. The SMILES string of the molecule is CN(C)C(=O)c1cccc(S(=O)(=O)N2CCS[C@H]2C(=O)OCC(OC(F)F)(c2ccccc2)c2cccc[n+]2[O-])c1. The largest absolute Gasteiger partial charge is 0.618 e. The van der Waals surface area contributed by atoms with Gasteiger partial charge in [-0.25, -0.2) is 13.2 Å². The summed E-state index contributed by atoms with van der Waals surface area (Å²) >= 11 is 0.996. The van der Waals surface area contributed by atoms with Crippen molar-refractivity contribution in [1.82, 2.24) is 9.21 Å². The van der Waals surface area contributed by atoms with Crippen LogP contribution in [0.4, 0.5) is 8.78 Å². The monoisotopic (exact) mass is 607 g/mol. The van der Waals surface area contributed by atoms with Gasteiger partial charge in [-0.05, 0) is 29.8 Å². The Hall–Kier alpha value is -3.59. The summed E-state index contributed by atoms with van der Waals surface area (Å²) in [5, 5.41) is 11.4. The van der Waals surface area contributed by atoms with Crippen molar-refractivity contribution in [2.24, 2.45) is 0 Å². The topological polar surface area (TPSA) is 120 Å². The first-order valence-electron chi connectivity index (χ1n) is 12.3. The summed E-state index contributed by atoms with van der Waals surface area (Å²) in [4.78, 5) is 26.8. The number of sulfonamides is 1. The van der Waals surface area contributed by atoms with Crippen LogP contribution in [0.1, 0.15) is 21.6 Å². The molecule has 2 atom stereocenters. The van der Waals surface area contributed by atoms with Crippen LogP contribution in [0, 0.1) is 5.21 Å². The minimum atomic E-state index is -4.26. The summed E-state index contributed by atoms with van der Waals surface area (Å²) in [5.41, 5.74) is -2.20. The highest BCUT2D eigenvalue weighted by atomic mass is 32.2. The molecule has 218 valence electrons. The molecule has 1 aliphatic heterocycles. The molecule has 0 N–H and O–H groups in total. The molecule has 1 aliphatic rings. The fourth-order valence-electron chi connectivity index (χ4n) is 4.38. The van der Waals surface area contributed by atoms with Crippen LogP contribution in [0.3, 0.4) is 0 Å². The molecule has 14 heteroatoms. The van der Waals surface area contributed by atoms with Crippen LogP contribution in [0.15, 0.2) is 83.9 Å². The van der Waals surface area contributed by atoms with Gasteiger partial charge in [-0.1, -0.05) is 36.4 Å². The summed E-state index contributed by atoms with van der Waals surface area (Å²) in [5.74, 6) is -1.17. The van der Waals surface area contributed by atoms with Gasteiger partial charge in [0.05, 0.1) is 4.90 Å². The fourth-order valence-corrected chi connectivity index (χ4v) is 7.49. The van der Waals surface area contributed by atoms with Crippen LogP contribution in [-0.2, 0) is 29.9 Å². The van der Waals surface area contributed by atoms with Gasteiger partial charge in [0.25, 0.3) is 5.91 Å². The molecule has 1 amide bonds. The molecule has 10 nitrogen and oxygen atoms in total. The second-order valence-electron chi connectivity index (χ2n) is 9.16. The number of halogens is 2. The lowest BCUT2D eigenvalue weighted by atomic mass is 9.90. The maximum absolute atomic E-state index is 13.8. The molecule has 0 radical (unpaired) electrons. The number of nitrogens with zero attached hydrogens (tertiary/aromatic N) is 3. The van der Waals surface area contributed by atoms with Crippen LogP contribution in [0.2, 0.25) is 0 Å². The van der Waals surface area contributed by atoms with Crippen molar-refractivity contribution in [3.63, 3.8) is 0 Å². The predicted octanol–water partition coefficient (Wildman–Crippen LogP) is 2.81. The number of pyridine rings is 1. The smallest absolute Gasteiger partial charge is 0.346 e. The van der Waals surface area contributed by atoms with Crippen molar-refractivity contribution in [3.8, 4) is 0 Å². The normalized spacial score (nSPS) is 17.2. The number of hydrogen-bond donors (Lipinski definition) is 0. The average Bonchev–Trinajstić information content (AvgIpc) is 3.47. The van der Waals surface area contributed by atoms with Gasteiger partial charge in [0.15, 0.2) is 11.6 Å². The summed E-state index contributed by atoms with van der Waals surface area (Å²) in [6, 6.07) is 17.2. The summed E-state index contributed by atoms with van der Waals surface area (Å²) in [7, 11) is -1.20. The van der Waals surface area contributed by atoms with Crippen LogP contribution in [-0.4, -0.2) is 74.5 Å². The molecule has 4 rings (SSSR count). The lowest BCUT2D eigenvalue weighted by Crippen LogP contribution is -2.49. The third-order valence-electron chi connectivity index (χ3n) is 6.33. The van der Waals surface area contributed by atoms with E-state index in [1.165, 1.54) is 73.6 Å². The van der Waals surface area contributed by atoms with Crippen molar-refractivity contribution >= 4 is 33.7 Å². The molecule has 3 aromatic rings. The zero-order valence-electron chi connectivity index (χ0n) is 22.1. The van der Waals surface area contributed by atoms with E-state index in [4.69, 9.17) is 9.47 Å². The van der Waals surface area contributed by atoms with Gasteiger partial charge < -0.3 is 14.8 Å². The number of carbonyl (C=O) groups excluding carboxylic acids is 2. The first kappa shape index (κ1) is 30.4. The van der Waals surface area contributed by atoms with Gasteiger partial charge in [-0.2, -0.15) is 17.8 Å². The first-order chi connectivity index (χ1) is 19.5. The molecule has 0 bridgehead atoms. The van der Waals surface area contributed by atoms with Gasteiger partial charge >= 0.3 is 12.6 Å². The highest BCUT2D eigenvalue weighted by Gasteiger charge is 2.48. The molecule has 2 heterocycles. The number of rotatable bonds is 10. The fraction of sp³-hybridized carbons (Fsp3) is 0.296. The minimum absolute atomic E-state index is 0.0325. The third kappa shape index (κ3) is 6.35. The number of alkyl halides is 2. The second-order valence-corrected chi connectivity index (χ2v) is 12.2. The molecule has 2 aromatic carbocycles. The molecular weight excluding hydrogens is 580 g/mol. The highest BCUT2D eigenvalue weighted by molar-refractivity contribution is 8.02. The Morgan fingerprint density at radius 1 is 1.12 bits per heavy atom. The quantitative estimate of drug-likeness (QED) is 0.196. The number of thioether (sulfide) groups is 1. The summed E-state index contributed by atoms with van der Waals surface area (Å²) in [6.07, 6.45) is 1.10. The Balaban J connectivity index is 1.65. The van der Waals surface area contributed by atoms with Crippen LogP contribution in [0.5, 0.6) is 0 Å². The number of benzene rings is 2. The van der Waals surface area contributed by atoms with Gasteiger partial charge in [0, 0.05) is 44.1 Å². The molecule has 1 fully saturated rings. The molecule has 0 spiro atoms. The zero-order chi connectivity index (χ0) is 29.8. The summed E-state index contributed by atoms with van der Waals surface area (Å²) in [6.45, 7) is -4.23. The van der Waals surface area contributed by atoms with Gasteiger partial charge in [-0.15, -0.1) is 11.8 Å². The minimum Gasteiger partial charge on any atom is -0.618 e. The van der Waals surface area contributed by atoms with E-state index in [9.17, 15) is 32.0 Å². The van der Waals surface area contributed by atoms with E-state index in [-0.39, 0.29) is 34.0 Å². The van der Waals surface area contributed by atoms with Crippen LogP contribution in [0.25, 0.3) is 0 Å². The number of esters is 1. The number of hydrogen-bond acceptors (Lipinski definition) is 8. The van der Waals surface area contributed by atoms with Crippen molar-refractivity contribution < 1.29 is 41.0 Å². The maximum atomic E-state index is 13.8. The van der Waals surface area contributed by atoms with Crippen molar-refractivity contribution in [2.45, 2.75) is 22.5 Å². The number of amides is 1. The average molecular weight is 608 g/mol. The van der Waals surface area contributed by atoms with Crippen LogP contribution < -0.4 is 4.73 Å². The van der Waals surface area contributed by atoms with Gasteiger partial charge in [0.1, 0.15) is 6.61 Å². The van der Waals surface area contributed by atoms with Crippen molar-refractivity contribution in [3.05, 3.63) is 101 Å².